The van der Waals surface area contributed by atoms with Gasteiger partial charge in [-0.3, -0.25) is 4.79 Å². The monoisotopic (exact) mass is 369 g/mol. The molecule has 0 aliphatic heterocycles. The number of rotatable bonds is 9. The Morgan fingerprint density at radius 2 is 1.63 bits per heavy atom. The van der Waals surface area contributed by atoms with Gasteiger partial charge < -0.3 is 14.8 Å². The lowest BCUT2D eigenvalue weighted by Gasteiger charge is -2.24. The van der Waals surface area contributed by atoms with Gasteiger partial charge >= 0.3 is 5.97 Å². The molecule has 0 unspecified atom stereocenters. The van der Waals surface area contributed by atoms with Gasteiger partial charge in [0.15, 0.2) is 13.2 Å². The number of hydrogen-bond donors (Lipinski definition) is 1. The van der Waals surface area contributed by atoms with E-state index in [1.165, 1.54) is 0 Å². The third-order valence-electron chi connectivity index (χ3n) is 4.28. The summed E-state index contributed by atoms with van der Waals surface area (Å²) >= 11 is 0. The minimum Gasteiger partial charge on any atom is -0.482 e. The Morgan fingerprint density at radius 3 is 2.33 bits per heavy atom. The van der Waals surface area contributed by atoms with Crippen molar-refractivity contribution in [3.05, 3.63) is 65.7 Å². The van der Waals surface area contributed by atoms with Crippen LogP contribution in [0.15, 0.2) is 54.6 Å². The highest BCUT2D eigenvalue weighted by atomic mass is 16.6. The fourth-order valence-corrected chi connectivity index (χ4v) is 2.43. The van der Waals surface area contributed by atoms with E-state index in [9.17, 15) is 9.59 Å². The molecule has 0 spiro atoms. The number of carbonyl (C=O) groups is 2. The van der Waals surface area contributed by atoms with Crippen molar-refractivity contribution >= 4 is 11.9 Å². The van der Waals surface area contributed by atoms with Crippen molar-refractivity contribution in [1.29, 1.82) is 0 Å². The number of benzene rings is 2. The first kappa shape index (κ1) is 20.5. The van der Waals surface area contributed by atoms with Crippen LogP contribution in [0.2, 0.25) is 0 Å². The van der Waals surface area contributed by atoms with E-state index in [1.807, 2.05) is 75.4 Å². The van der Waals surface area contributed by atoms with E-state index in [0.29, 0.717) is 12.2 Å². The number of hydrogen-bond acceptors (Lipinski definition) is 4. The Labute approximate surface area is 160 Å². The van der Waals surface area contributed by atoms with E-state index in [4.69, 9.17) is 9.47 Å². The molecule has 2 aromatic carbocycles. The van der Waals surface area contributed by atoms with Gasteiger partial charge in [-0.25, -0.2) is 4.79 Å². The minimum absolute atomic E-state index is 0.240. The number of nitrogens with one attached hydrogen (secondary N) is 1. The van der Waals surface area contributed by atoms with E-state index < -0.39 is 5.97 Å². The van der Waals surface area contributed by atoms with Crippen molar-refractivity contribution in [2.24, 2.45) is 0 Å². The predicted octanol–water partition coefficient (Wildman–Crippen LogP) is 3.50. The highest BCUT2D eigenvalue weighted by Crippen LogP contribution is 2.21. The Bertz CT molecular complexity index is 756. The largest absolute Gasteiger partial charge is 0.482 e. The van der Waals surface area contributed by atoms with Gasteiger partial charge in [0.05, 0.1) is 0 Å². The highest BCUT2D eigenvalue weighted by Gasteiger charge is 2.18. The van der Waals surface area contributed by atoms with Crippen LogP contribution in [0.4, 0.5) is 0 Å². The fourth-order valence-electron chi connectivity index (χ4n) is 2.43. The zero-order chi connectivity index (χ0) is 19.7. The van der Waals surface area contributed by atoms with E-state index >= 15 is 0 Å². The molecular weight excluding hydrogens is 342 g/mol. The molecule has 5 heteroatoms. The zero-order valence-electron chi connectivity index (χ0n) is 16.2. The summed E-state index contributed by atoms with van der Waals surface area (Å²) in [5, 5.41) is 2.81. The van der Waals surface area contributed by atoms with Crippen LogP contribution >= 0.6 is 0 Å². The van der Waals surface area contributed by atoms with Crippen LogP contribution in [-0.2, 0) is 20.7 Å². The maximum Gasteiger partial charge on any atom is 0.344 e. The molecular formula is C22H27NO4. The number of para-hydroxylation sites is 1. The van der Waals surface area contributed by atoms with Gasteiger partial charge in [0.1, 0.15) is 5.75 Å². The Kier molecular flexibility index (Phi) is 7.41. The van der Waals surface area contributed by atoms with Crippen LogP contribution in [0.3, 0.4) is 0 Å². The molecule has 144 valence electrons. The van der Waals surface area contributed by atoms with Crippen molar-refractivity contribution in [1.82, 2.24) is 5.32 Å². The molecule has 5 nitrogen and oxygen atoms in total. The van der Waals surface area contributed by atoms with Crippen molar-refractivity contribution in [3.63, 3.8) is 0 Å². The van der Waals surface area contributed by atoms with Crippen molar-refractivity contribution < 1.29 is 19.1 Å². The number of amides is 1. The van der Waals surface area contributed by atoms with Gasteiger partial charge in [0.25, 0.3) is 5.91 Å². The fraction of sp³-hybridized carbons (Fsp3) is 0.364. The minimum atomic E-state index is -0.575. The third kappa shape index (κ3) is 7.13. The molecule has 0 atom stereocenters. The van der Waals surface area contributed by atoms with Gasteiger partial charge in [-0.1, -0.05) is 55.5 Å². The van der Waals surface area contributed by atoms with Crippen LogP contribution < -0.4 is 10.1 Å². The van der Waals surface area contributed by atoms with E-state index in [2.05, 4.69) is 5.32 Å². The molecule has 1 amide bonds. The lowest BCUT2D eigenvalue weighted by molar-refractivity contribution is -0.150. The SMILES string of the molecule is CCC(C)(C)NC(=O)COC(=O)COc1ccccc1Cc1ccccc1. The maximum atomic E-state index is 11.9. The summed E-state index contributed by atoms with van der Waals surface area (Å²) in [6.45, 7) is 5.26. The summed E-state index contributed by atoms with van der Waals surface area (Å²) in [7, 11) is 0. The lowest BCUT2D eigenvalue weighted by atomic mass is 10.0. The molecule has 0 saturated carbocycles. The first-order valence-electron chi connectivity index (χ1n) is 9.11. The highest BCUT2D eigenvalue weighted by molar-refractivity contribution is 5.81. The van der Waals surface area contributed by atoms with Crippen molar-refractivity contribution in [2.45, 2.75) is 39.2 Å². The van der Waals surface area contributed by atoms with Crippen LogP contribution in [0.25, 0.3) is 0 Å². The molecule has 0 fully saturated rings. The second kappa shape index (κ2) is 9.76. The smallest absolute Gasteiger partial charge is 0.344 e. The summed E-state index contributed by atoms with van der Waals surface area (Å²) in [6.07, 6.45) is 1.49. The molecule has 0 aromatic heterocycles. The molecule has 0 radical (unpaired) electrons. The Hall–Kier alpha value is -2.82. The van der Waals surface area contributed by atoms with Crippen LogP contribution in [0, 0.1) is 0 Å². The molecule has 0 saturated heterocycles. The molecule has 0 bridgehead atoms. The van der Waals surface area contributed by atoms with Crippen LogP contribution in [0.1, 0.15) is 38.3 Å². The summed E-state index contributed by atoms with van der Waals surface area (Å²) in [4.78, 5) is 23.7. The topological polar surface area (TPSA) is 64.6 Å². The molecule has 27 heavy (non-hydrogen) atoms. The van der Waals surface area contributed by atoms with Gasteiger partial charge in [0, 0.05) is 12.0 Å². The summed E-state index contributed by atoms with van der Waals surface area (Å²) in [6, 6.07) is 17.6. The number of carbonyl (C=O) groups excluding carboxylic acids is 2. The maximum absolute atomic E-state index is 11.9. The normalized spacial score (nSPS) is 10.9. The molecule has 1 N–H and O–H groups in total. The first-order chi connectivity index (χ1) is 12.9. The average molecular weight is 369 g/mol. The van der Waals surface area contributed by atoms with E-state index in [-0.39, 0.29) is 24.7 Å². The second-order valence-electron chi connectivity index (χ2n) is 7.01. The van der Waals surface area contributed by atoms with E-state index in [0.717, 1.165) is 17.5 Å². The third-order valence-corrected chi connectivity index (χ3v) is 4.28. The summed E-state index contributed by atoms with van der Waals surface area (Å²) in [5.41, 5.74) is 1.82. The summed E-state index contributed by atoms with van der Waals surface area (Å²) < 4.78 is 10.6. The standard InChI is InChI=1S/C22H27NO4/c1-4-22(2,3)23-20(24)15-27-21(25)16-26-19-13-9-8-12-18(19)14-17-10-6-5-7-11-17/h5-13H,4,14-16H2,1-3H3,(H,23,24). The molecule has 0 heterocycles. The van der Waals surface area contributed by atoms with E-state index in [1.54, 1.807) is 0 Å². The zero-order valence-corrected chi connectivity index (χ0v) is 16.2. The molecule has 0 aliphatic rings. The average Bonchev–Trinajstić information content (AvgIpc) is 2.66. The quantitative estimate of drug-likeness (QED) is 0.687. The van der Waals surface area contributed by atoms with Gasteiger partial charge in [0.2, 0.25) is 0 Å². The van der Waals surface area contributed by atoms with Gasteiger partial charge in [-0.2, -0.15) is 0 Å². The molecule has 0 aliphatic carbocycles. The molecule has 2 aromatic rings. The van der Waals surface area contributed by atoms with Gasteiger partial charge in [-0.05, 0) is 37.5 Å². The first-order valence-corrected chi connectivity index (χ1v) is 9.11. The second-order valence-corrected chi connectivity index (χ2v) is 7.01. The van der Waals surface area contributed by atoms with Crippen molar-refractivity contribution in [2.75, 3.05) is 13.2 Å². The Morgan fingerprint density at radius 1 is 0.963 bits per heavy atom. The Balaban J connectivity index is 1.84. The van der Waals surface area contributed by atoms with Gasteiger partial charge in [-0.15, -0.1) is 0 Å². The van der Waals surface area contributed by atoms with Crippen LogP contribution in [0.5, 0.6) is 5.75 Å². The number of ether oxygens (including phenoxy) is 2. The molecule has 2 rings (SSSR count). The number of esters is 1. The summed E-state index contributed by atoms with van der Waals surface area (Å²) in [5.74, 6) is -0.261. The lowest BCUT2D eigenvalue weighted by Crippen LogP contribution is -2.44. The van der Waals surface area contributed by atoms with Crippen molar-refractivity contribution in [3.8, 4) is 5.75 Å². The van der Waals surface area contributed by atoms with Crippen LogP contribution in [-0.4, -0.2) is 30.6 Å². The predicted molar refractivity (Wildman–Crippen MR) is 105 cm³/mol.